The number of carbonyl (C=O) groups is 1. The van der Waals surface area contributed by atoms with Crippen molar-refractivity contribution in [2.45, 2.75) is 37.3 Å². The summed E-state index contributed by atoms with van der Waals surface area (Å²) in [7, 11) is 5.19. The summed E-state index contributed by atoms with van der Waals surface area (Å²) in [6.07, 6.45) is 4.44. The van der Waals surface area contributed by atoms with Gasteiger partial charge in [0.2, 0.25) is 0 Å². The number of amides is 1. The van der Waals surface area contributed by atoms with Gasteiger partial charge in [0.25, 0.3) is 0 Å². The molecule has 1 amide bonds. The molecule has 5 heteroatoms. The fourth-order valence-electron chi connectivity index (χ4n) is 3.35. The van der Waals surface area contributed by atoms with Crippen LogP contribution in [0.4, 0.5) is 4.79 Å². The molecule has 0 N–H and O–H groups in total. The third-order valence-corrected chi connectivity index (χ3v) is 4.21. The summed E-state index contributed by atoms with van der Waals surface area (Å²) >= 11 is 0. The molecule has 0 spiro atoms. The summed E-state index contributed by atoms with van der Waals surface area (Å²) in [5, 5.41) is 0. The molecule has 0 radical (unpaired) electrons. The maximum Gasteiger partial charge on any atom is 0.409 e. The van der Waals surface area contributed by atoms with Gasteiger partial charge in [0.1, 0.15) is 6.61 Å². The van der Waals surface area contributed by atoms with E-state index >= 15 is 0 Å². The highest BCUT2D eigenvalue weighted by atomic mass is 16.6. The minimum absolute atomic E-state index is 0.212. The van der Waals surface area contributed by atoms with Crippen LogP contribution in [-0.4, -0.2) is 68.4 Å². The average molecular weight is 256 g/mol. The molecule has 2 atom stereocenters. The van der Waals surface area contributed by atoms with Crippen LogP contribution in [0, 0.1) is 0 Å². The molecular formula is C13H24N2O3. The number of ether oxygens (including phenoxy) is 2. The van der Waals surface area contributed by atoms with Crippen molar-refractivity contribution in [2.24, 2.45) is 0 Å². The standard InChI is InChI=1S/C13H24N2O3/c1-14(2)12(16)18-9-11-5-7-13(10-17-3)6-4-8-15(11)13/h11H,4-10H2,1-3H3/t11?,13-/m1/s1. The lowest BCUT2D eigenvalue weighted by Gasteiger charge is -2.34. The molecule has 5 nitrogen and oxygen atoms in total. The Hall–Kier alpha value is -0.810. The number of methoxy groups -OCH3 is 1. The first-order chi connectivity index (χ1) is 8.59. The van der Waals surface area contributed by atoms with Crippen LogP contribution in [0.3, 0.4) is 0 Å². The first kappa shape index (κ1) is 13.6. The molecule has 104 valence electrons. The number of carbonyl (C=O) groups excluding carboxylic acids is 1. The number of hydrogen-bond donors (Lipinski definition) is 0. The van der Waals surface area contributed by atoms with Crippen LogP contribution in [0.1, 0.15) is 25.7 Å². The van der Waals surface area contributed by atoms with Crippen molar-refractivity contribution < 1.29 is 14.3 Å². The molecular weight excluding hydrogens is 232 g/mol. The Morgan fingerprint density at radius 3 is 2.89 bits per heavy atom. The summed E-state index contributed by atoms with van der Waals surface area (Å²) in [5.74, 6) is 0. The molecule has 2 aliphatic rings. The van der Waals surface area contributed by atoms with Gasteiger partial charge in [-0.3, -0.25) is 4.90 Å². The van der Waals surface area contributed by atoms with Crippen molar-refractivity contribution in [3.05, 3.63) is 0 Å². The van der Waals surface area contributed by atoms with Crippen LogP contribution < -0.4 is 0 Å². The molecule has 2 saturated heterocycles. The largest absolute Gasteiger partial charge is 0.448 e. The smallest absolute Gasteiger partial charge is 0.409 e. The molecule has 2 rings (SSSR count). The van der Waals surface area contributed by atoms with E-state index < -0.39 is 0 Å². The maximum absolute atomic E-state index is 11.5. The number of hydrogen-bond acceptors (Lipinski definition) is 4. The zero-order valence-electron chi connectivity index (χ0n) is 11.6. The third kappa shape index (κ3) is 2.47. The summed E-state index contributed by atoms with van der Waals surface area (Å²) in [4.78, 5) is 15.4. The van der Waals surface area contributed by atoms with E-state index in [9.17, 15) is 4.79 Å². The maximum atomic E-state index is 11.5. The monoisotopic (exact) mass is 256 g/mol. The van der Waals surface area contributed by atoms with E-state index in [2.05, 4.69) is 4.90 Å². The van der Waals surface area contributed by atoms with E-state index in [1.807, 2.05) is 0 Å². The summed E-state index contributed by atoms with van der Waals surface area (Å²) in [5.41, 5.74) is 0.212. The van der Waals surface area contributed by atoms with Crippen molar-refractivity contribution in [1.29, 1.82) is 0 Å². The molecule has 18 heavy (non-hydrogen) atoms. The molecule has 2 aliphatic heterocycles. The molecule has 0 aliphatic carbocycles. The summed E-state index contributed by atoms with van der Waals surface area (Å²) < 4.78 is 10.7. The van der Waals surface area contributed by atoms with E-state index in [0.29, 0.717) is 12.6 Å². The molecule has 0 aromatic heterocycles. The van der Waals surface area contributed by atoms with Crippen LogP contribution in [-0.2, 0) is 9.47 Å². The molecule has 0 saturated carbocycles. The van der Waals surface area contributed by atoms with Crippen LogP contribution in [0.5, 0.6) is 0 Å². The van der Waals surface area contributed by atoms with E-state index in [-0.39, 0.29) is 11.6 Å². The highest BCUT2D eigenvalue weighted by molar-refractivity contribution is 5.66. The summed E-state index contributed by atoms with van der Waals surface area (Å²) in [6, 6.07) is 0.367. The van der Waals surface area contributed by atoms with Gasteiger partial charge in [0.05, 0.1) is 6.61 Å². The van der Waals surface area contributed by atoms with Gasteiger partial charge in [0.15, 0.2) is 0 Å². The molecule has 2 fully saturated rings. The Kier molecular flexibility index (Phi) is 4.12. The lowest BCUT2D eigenvalue weighted by Crippen LogP contribution is -2.47. The number of rotatable bonds is 4. The van der Waals surface area contributed by atoms with Gasteiger partial charge >= 0.3 is 6.09 Å². The van der Waals surface area contributed by atoms with Gasteiger partial charge in [-0.15, -0.1) is 0 Å². The molecule has 0 aromatic rings. The topological polar surface area (TPSA) is 42.0 Å². The van der Waals surface area contributed by atoms with Gasteiger partial charge in [-0.25, -0.2) is 4.79 Å². The second-order valence-corrected chi connectivity index (χ2v) is 5.62. The first-order valence-corrected chi connectivity index (χ1v) is 6.69. The van der Waals surface area contributed by atoms with Crippen LogP contribution in [0.2, 0.25) is 0 Å². The van der Waals surface area contributed by atoms with E-state index in [1.165, 1.54) is 17.7 Å². The molecule has 1 unspecified atom stereocenters. The van der Waals surface area contributed by atoms with Gasteiger partial charge in [0, 0.05) is 32.8 Å². The van der Waals surface area contributed by atoms with Gasteiger partial charge in [-0.05, 0) is 32.2 Å². The van der Waals surface area contributed by atoms with Crippen molar-refractivity contribution in [1.82, 2.24) is 9.80 Å². The lowest BCUT2D eigenvalue weighted by molar-refractivity contribution is 0.0293. The van der Waals surface area contributed by atoms with E-state index in [4.69, 9.17) is 9.47 Å². The highest BCUT2D eigenvalue weighted by Crippen LogP contribution is 2.42. The van der Waals surface area contributed by atoms with Crippen molar-refractivity contribution in [3.63, 3.8) is 0 Å². The second-order valence-electron chi connectivity index (χ2n) is 5.62. The van der Waals surface area contributed by atoms with E-state index in [1.54, 1.807) is 21.2 Å². The Bertz CT molecular complexity index is 309. The Balaban J connectivity index is 1.90. The predicted octanol–water partition coefficient (Wildman–Crippen LogP) is 1.33. The zero-order valence-corrected chi connectivity index (χ0v) is 11.6. The molecule has 0 bridgehead atoms. The Labute approximate surface area is 109 Å². The SMILES string of the molecule is COC[C@]12CCCN1C(COC(=O)N(C)C)CC2. The predicted molar refractivity (Wildman–Crippen MR) is 68.6 cm³/mol. The minimum atomic E-state index is -0.251. The normalized spacial score (nSPS) is 31.4. The zero-order chi connectivity index (χ0) is 13.2. The first-order valence-electron chi connectivity index (χ1n) is 6.69. The lowest BCUT2D eigenvalue weighted by atomic mass is 9.95. The van der Waals surface area contributed by atoms with Gasteiger partial charge in [-0.2, -0.15) is 0 Å². The summed E-state index contributed by atoms with van der Waals surface area (Å²) in [6.45, 7) is 2.40. The fraction of sp³-hybridized carbons (Fsp3) is 0.923. The fourth-order valence-corrected chi connectivity index (χ4v) is 3.35. The van der Waals surface area contributed by atoms with Crippen LogP contribution in [0.25, 0.3) is 0 Å². The van der Waals surface area contributed by atoms with Crippen LogP contribution in [0.15, 0.2) is 0 Å². The highest BCUT2D eigenvalue weighted by Gasteiger charge is 2.49. The molecule has 2 heterocycles. The Morgan fingerprint density at radius 2 is 2.22 bits per heavy atom. The second kappa shape index (κ2) is 5.45. The van der Waals surface area contributed by atoms with Crippen LogP contribution >= 0.6 is 0 Å². The quantitative estimate of drug-likeness (QED) is 0.761. The van der Waals surface area contributed by atoms with Crippen molar-refractivity contribution in [2.75, 3.05) is 41.0 Å². The number of nitrogens with zero attached hydrogens (tertiary/aromatic N) is 2. The van der Waals surface area contributed by atoms with Crippen molar-refractivity contribution >= 4 is 6.09 Å². The minimum Gasteiger partial charge on any atom is -0.448 e. The average Bonchev–Trinajstić information content (AvgIpc) is 2.85. The van der Waals surface area contributed by atoms with Crippen molar-refractivity contribution in [3.8, 4) is 0 Å². The Morgan fingerprint density at radius 1 is 1.44 bits per heavy atom. The van der Waals surface area contributed by atoms with E-state index in [0.717, 1.165) is 26.0 Å². The molecule has 0 aromatic carbocycles. The van der Waals surface area contributed by atoms with Gasteiger partial charge in [-0.1, -0.05) is 0 Å². The van der Waals surface area contributed by atoms with Gasteiger partial charge < -0.3 is 14.4 Å². The third-order valence-electron chi connectivity index (χ3n) is 4.21. The number of fused-ring (bicyclic) bond motifs is 1.